The van der Waals surface area contributed by atoms with Crippen molar-refractivity contribution in [3.8, 4) is 17.9 Å². The first-order valence-electron chi connectivity index (χ1n) is 6.60. The fourth-order valence-corrected chi connectivity index (χ4v) is 1.59. The molecule has 0 unspecified atom stereocenters. The lowest BCUT2D eigenvalue weighted by molar-refractivity contribution is -0.143. The van der Waals surface area contributed by atoms with Crippen molar-refractivity contribution in [3.63, 3.8) is 0 Å². The largest absolute Gasteiger partial charge is 0.494 e. The highest BCUT2D eigenvalue weighted by atomic mass is 16.5. The quantitative estimate of drug-likeness (QED) is 0.437. The van der Waals surface area contributed by atoms with Crippen LogP contribution in [-0.2, 0) is 9.53 Å². The number of benzene rings is 1. The summed E-state index contributed by atoms with van der Waals surface area (Å²) >= 11 is 0. The summed E-state index contributed by atoms with van der Waals surface area (Å²) < 4.78 is 10.3. The van der Waals surface area contributed by atoms with Crippen LogP contribution in [0.5, 0.6) is 5.75 Å². The molecule has 5 heteroatoms. The second kappa shape index (κ2) is 9.17. The van der Waals surface area contributed by atoms with Gasteiger partial charge in [-0.3, -0.25) is 4.79 Å². The van der Waals surface area contributed by atoms with Crippen LogP contribution in [-0.4, -0.2) is 19.2 Å². The normalized spacial score (nSPS) is 9.10. The lowest BCUT2D eigenvalue weighted by Crippen LogP contribution is -2.06. The van der Waals surface area contributed by atoms with E-state index in [-0.39, 0.29) is 11.5 Å². The summed E-state index contributed by atoms with van der Waals surface area (Å²) in [5.41, 5.74) is 0.755. The highest BCUT2D eigenvalue weighted by Gasteiger charge is 2.02. The number of rotatable bonds is 7. The maximum absolute atomic E-state index is 11.1. The molecule has 0 aromatic heterocycles. The van der Waals surface area contributed by atoms with Crippen LogP contribution >= 0.6 is 0 Å². The number of nitriles is 2. The highest BCUT2D eigenvalue weighted by molar-refractivity contribution is 5.69. The van der Waals surface area contributed by atoms with Crippen molar-refractivity contribution in [3.05, 3.63) is 35.4 Å². The highest BCUT2D eigenvalue weighted by Crippen LogP contribution is 2.16. The minimum Gasteiger partial charge on any atom is -0.494 e. The molecular weight excluding hydrogens is 268 g/mol. The van der Waals surface area contributed by atoms with Crippen molar-refractivity contribution in [1.82, 2.24) is 0 Å². The predicted molar refractivity (Wildman–Crippen MR) is 77.0 cm³/mol. The van der Waals surface area contributed by atoms with Crippen LogP contribution in [0.25, 0.3) is 6.08 Å². The maximum Gasteiger partial charge on any atom is 0.305 e. The predicted octanol–water partition coefficient (Wildman–Crippen LogP) is 2.84. The number of hydrogen-bond acceptors (Lipinski definition) is 5. The first-order valence-corrected chi connectivity index (χ1v) is 6.60. The summed E-state index contributed by atoms with van der Waals surface area (Å²) in [4.78, 5) is 11.1. The number of ether oxygens (including phenoxy) is 2. The van der Waals surface area contributed by atoms with Gasteiger partial charge in [0.05, 0.1) is 13.2 Å². The van der Waals surface area contributed by atoms with Crippen LogP contribution in [0.2, 0.25) is 0 Å². The minimum atomic E-state index is -0.231. The molecule has 1 rings (SSSR count). The molecule has 21 heavy (non-hydrogen) atoms. The Morgan fingerprint density at radius 3 is 2.76 bits per heavy atom. The van der Waals surface area contributed by atoms with Crippen LogP contribution < -0.4 is 4.74 Å². The fraction of sp³-hybridized carbons (Fsp3) is 0.312. The van der Waals surface area contributed by atoms with Gasteiger partial charge in [-0.25, -0.2) is 0 Å². The van der Waals surface area contributed by atoms with Gasteiger partial charge in [0.25, 0.3) is 0 Å². The lowest BCUT2D eigenvalue weighted by atomic mass is 10.1. The van der Waals surface area contributed by atoms with Gasteiger partial charge in [-0.2, -0.15) is 10.5 Å². The van der Waals surface area contributed by atoms with Gasteiger partial charge in [0.1, 0.15) is 23.5 Å². The number of allylic oxidation sites excluding steroid dienone is 1. The number of carbonyl (C=O) groups excluding carboxylic acids is 1. The van der Waals surface area contributed by atoms with Crippen molar-refractivity contribution >= 4 is 12.0 Å². The van der Waals surface area contributed by atoms with Gasteiger partial charge in [-0.05, 0) is 37.1 Å². The van der Waals surface area contributed by atoms with Crippen molar-refractivity contribution in [2.75, 3.05) is 13.2 Å². The van der Waals surface area contributed by atoms with E-state index in [1.807, 2.05) is 0 Å². The Kier molecular flexibility index (Phi) is 7.10. The van der Waals surface area contributed by atoms with E-state index in [4.69, 9.17) is 20.0 Å². The summed E-state index contributed by atoms with van der Waals surface area (Å²) in [7, 11) is 0. The zero-order valence-electron chi connectivity index (χ0n) is 11.8. The van der Waals surface area contributed by atoms with Gasteiger partial charge in [0.15, 0.2) is 0 Å². The molecule has 1 aromatic carbocycles. The Morgan fingerprint density at radius 1 is 1.33 bits per heavy atom. The standard InChI is InChI=1S/C16H16N2O3/c1-2-20-16(19)7-4-8-21-15-6-3-5-13(10-15)9-14(11-17)12-18/h3,5-6,9-10H,2,4,7-8H2,1H3. The van der Waals surface area contributed by atoms with E-state index in [0.29, 0.717) is 31.8 Å². The molecule has 5 nitrogen and oxygen atoms in total. The fourth-order valence-electron chi connectivity index (χ4n) is 1.59. The van der Waals surface area contributed by atoms with Gasteiger partial charge in [-0.15, -0.1) is 0 Å². The first-order chi connectivity index (χ1) is 10.2. The van der Waals surface area contributed by atoms with E-state index in [2.05, 4.69) is 0 Å². The second-order valence-corrected chi connectivity index (χ2v) is 4.11. The van der Waals surface area contributed by atoms with Crippen molar-refractivity contribution in [1.29, 1.82) is 10.5 Å². The number of esters is 1. The smallest absolute Gasteiger partial charge is 0.305 e. The van der Waals surface area contributed by atoms with E-state index < -0.39 is 0 Å². The summed E-state index contributed by atoms with van der Waals surface area (Å²) in [5, 5.41) is 17.4. The molecule has 0 saturated carbocycles. The Morgan fingerprint density at radius 2 is 2.10 bits per heavy atom. The molecule has 0 aliphatic carbocycles. The third-order valence-corrected chi connectivity index (χ3v) is 2.51. The van der Waals surface area contributed by atoms with E-state index in [1.54, 1.807) is 43.3 Å². The van der Waals surface area contributed by atoms with Crippen LogP contribution in [0.4, 0.5) is 0 Å². The van der Waals surface area contributed by atoms with Crippen molar-refractivity contribution in [2.24, 2.45) is 0 Å². The monoisotopic (exact) mass is 284 g/mol. The Hall–Kier alpha value is -2.79. The molecule has 0 atom stereocenters. The second-order valence-electron chi connectivity index (χ2n) is 4.11. The first kappa shape index (κ1) is 16.3. The molecule has 0 aliphatic heterocycles. The van der Waals surface area contributed by atoms with E-state index in [1.165, 1.54) is 6.08 Å². The van der Waals surface area contributed by atoms with Crippen LogP contribution in [0, 0.1) is 22.7 Å². The van der Waals surface area contributed by atoms with Crippen LogP contribution in [0.3, 0.4) is 0 Å². The summed E-state index contributed by atoms with van der Waals surface area (Å²) in [6, 6.07) is 10.7. The molecule has 0 N–H and O–H groups in total. The van der Waals surface area contributed by atoms with E-state index in [9.17, 15) is 4.79 Å². The zero-order valence-corrected chi connectivity index (χ0v) is 11.8. The van der Waals surface area contributed by atoms with Gasteiger partial charge >= 0.3 is 5.97 Å². The maximum atomic E-state index is 11.1. The number of nitrogens with zero attached hydrogens (tertiary/aromatic N) is 2. The molecule has 0 heterocycles. The molecule has 0 bridgehead atoms. The van der Waals surface area contributed by atoms with E-state index >= 15 is 0 Å². The lowest BCUT2D eigenvalue weighted by Gasteiger charge is -2.06. The topological polar surface area (TPSA) is 83.1 Å². The molecule has 0 radical (unpaired) electrons. The molecular formula is C16H16N2O3. The number of hydrogen-bond donors (Lipinski definition) is 0. The Balaban J connectivity index is 2.51. The average molecular weight is 284 g/mol. The molecule has 0 saturated heterocycles. The molecule has 0 amide bonds. The van der Waals surface area contributed by atoms with Crippen LogP contribution in [0.15, 0.2) is 29.8 Å². The number of carbonyl (C=O) groups is 1. The third-order valence-electron chi connectivity index (χ3n) is 2.51. The third kappa shape index (κ3) is 6.26. The molecule has 0 fully saturated rings. The van der Waals surface area contributed by atoms with Crippen LogP contribution in [0.1, 0.15) is 25.3 Å². The van der Waals surface area contributed by atoms with Gasteiger partial charge in [-0.1, -0.05) is 12.1 Å². The average Bonchev–Trinajstić information content (AvgIpc) is 2.50. The molecule has 0 aliphatic rings. The van der Waals surface area contributed by atoms with Crippen molar-refractivity contribution < 1.29 is 14.3 Å². The Bertz CT molecular complexity index is 578. The minimum absolute atomic E-state index is 0.0365. The molecule has 108 valence electrons. The summed E-state index contributed by atoms with van der Waals surface area (Å²) in [6.45, 7) is 2.55. The SMILES string of the molecule is CCOC(=O)CCCOc1cccc(C=C(C#N)C#N)c1. The van der Waals surface area contributed by atoms with Gasteiger partial charge in [0, 0.05) is 6.42 Å². The summed E-state index contributed by atoms with van der Waals surface area (Å²) in [6.07, 6.45) is 2.38. The Labute approximate surface area is 124 Å². The van der Waals surface area contributed by atoms with Gasteiger partial charge < -0.3 is 9.47 Å². The zero-order chi connectivity index (χ0) is 15.5. The van der Waals surface area contributed by atoms with Gasteiger partial charge in [0.2, 0.25) is 0 Å². The molecule has 0 spiro atoms. The van der Waals surface area contributed by atoms with E-state index in [0.717, 1.165) is 5.56 Å². The van der Waals surface area contributed by atoms with Crippen molar-refractivity contribution in [2.45, 2.75) is 19.8 Å². The summed E-state index contributed by atoms with van der Waals surface area (Å²) in [5.74, 6) is 0.397. The molecule has 1 aromatic rings.